The molecule has 13 heteroatoms. The number of benzene rings is 1. The molecule has 194 valence electrons. The van der Waals surface area contributed by atoms with Crippen molar-refractivity contribution in [3.63, 3.8) is 0 Å². The van der Waals surface area contributed by atoms with Gasteiger partial charge in [-0.25, -0.2) is 13.5 Å². The maximum absolute atomic E-state index is 14.5. The first-order valence-corrected chi connectivity index (χ1v) is 11.7. The highest BCUT2D eigenvalue weighted by Crippen LogP contribution is 2.36. The van der Waals surface area contributed by atoms with E-state index in [2.05, 4.69) is 15.5 Å². The first-order valence-electron chi connectivity index (χ1n) is 11.3. The van der Waals surface area contributed by atoms with E-state index in [1.54, 1.807) is 0 Å². The van der Waals surface area contributed by atoms with E-state index < -0.39 is 48.7 Å². The molecule has 36 heavy (non-hydrogen) atoms. The van der Waals surface area contributed by atoms with Gasteiger partial charge in [0.05, 0.1) is 48.3 Å². The van der Waals surface area contributed by atoms with Crippen LogP contribution in [0.1, 0.15) is 24.4 Å². The van der Waals surface area contributed by atoms with Gasteiger partial charge < -0.3 is 28.9 Å². The van der Waals surface area contributed by atoms with Gasteiger partial charge in [0.1, 0.15) is 35.8 Å². The minimum absolute atomic E-state index is 0.0320. The van der Waals surface area contributed by atoms with Crippen molar-refractivity contribution < 1.29 is 37.7 Å². The molecule has 5 rings (SSSR count). The molecule has 0 unspecified atom stereocenters. The van der Waals surface area contributed by atoms with E-state index in [4.69, 9.17) is 30.3 Å². The smallest absolute Gasteiger partial charge is 0.178 e. The molecule has 2 fully saturated rings. The van der Waals surface area contributed by atoms with Crippen molar-refractivity contribution in [1.82, 2.24) is 20.2 Å². The van der Waals surface area contributed by atoms with Crippen LogP contribution in [0.15, 0.2) is 28.9 Å². The topological polar surface area (TPSA) is 125 Å². The zero-order chi connectivity index (χ0) is 25.6. The van der Waals surface area contributed by atoms with E-state index in [0.717, 1.165) is 5.69 Å². The predicted molar refractivity (Wildman–Crippen MR) is 120 cm³/mol. The van der Waals surface area contributed by atoms with Crippen molar-refractivity contribution in [2.24, 2.45) is 0 Å². The third-order valence-electron chi connectivity index (χ3n) is 6.78. The first kappa shape index (κ1) is 25.2. The van der Waals surface area contributed by atoms with Crippen molar-refractivity contribution >= 4 is 11.6 Å². The van der Waals surface area contributed by atoms with Crippen LogP contribution < -0.4 is 0 Å². The Morgan fingerprint density at radius 2 is 2.03 bits per heavy atom. The van der Waals surface area contributed by atoms with Crippen LogP contribution in [-0.2, 0) is 26.0 Å². The van der Waals surface area contributed by atoms with Crippen molar-refractivity contribution in [2.75, 3.05) is 26.9 Å². The zero-order valence-electron chi connectivity index (χ0n) is 19.5. The number of aromatic nitrogens is 4. The van der Waals surface area contributed by atoms with Gasteiger partial charge in [-0.3, -0.25) is 0 Å². The molecule has 0 saturated carbocycles. The lowest BCUT2D eigenvalue weighted by molar-refractivity contribution is -0.212. The fourth-order valence-corrected chi connectivity index (χ4v) is 4.79. The monoisotopic (exact) mass is 526 g/mol. The van der Waals surface area contributed by atoms with Crippen molar-refractivity contribution in [3.05, 3.63) is 52.5 Å². The summed E-state index contributed by atoms with van der Waals surface area (Å²) in [6.07, 6.45) is -2.03. The average Bonchev–Trinajstić information content (AvgIpc) is 3.52. The van der Waals surface area contributed by atoms with Gasteiger partial charge in [-0.05, 0) is 19.1 Å². The Kier molecular flexibility index (Phi) is 6.83. The third kappa shape index (κ3) is 4.31. The zero-order valence-corrected chi connectivity index (χ0v) is 20.2. The maximum atomic E-state index is 14.5. The second-order valence-electron chi connectivity index (χ2n) is 9.32. The Balaban J connectivity index is 1.43. The molecule has 0 bridgehead atoms. The molecule has 0 amide bonds. The molecule has 4 heterocycles. The summed E-state index contributed by atoms with van der Waals surface area (Å²) in [5.41, 5.74) is 0.443. The highest BCUT2D eigenvalue weighted by Gasteiger charge is 2.47. The van der Waals surface area contributed by atoms with Gasteiger partial charge in [0.15, 0.2) is 11.6 Å². The summed E-state index contributed by atoms with van der Waals surface area (Å²) >= 11 is 5.65. The second kappa shape index (κ2) is 9.77. The van der Waals surface area contributed by atoms with Gasteiger partial charge in [-0.15, -0.1) is 5.10 Å². The van der Waals surface area contributed by atoms with Crippen LogP contribution in [0.5, 0.6) is 0 Å². The fraction of sp³-hybridized carbons (Fsp3) is 0.522. The summed E-state index contributed by atoms with van der Waals surface area (Å²) in [5.74, 6) is -1.82. The summed E-state index contributed by atoms with van der Waals surface area (Å²) < 4.78 is 52.2. The largest absolute Gasteiger partial charge is 0.394 e. The Morgan fingerprint density at radius 1 is 1.25 bits per heavy atom. The van der Waals surface area contributed by atoms with E-state index in [0.29, 0.717) is 19.0 Å². The number of halogens is 3. The highest BCUT2D eigenvalue weighted by atomic mass is 35.5. The van der Waals surface area contributed by atoms with Crippen molar-refractivity contribution in [3.8, 4) is 11.3 Å². The molecule has 2 N–H and O–H groups in total. The predicted octanol–water partition coefficient (Wildman–Crippen LogP) is 2.07. The number of hydrogen-bond acceptors (Lipinski definition) is 9. The number of aliphatic hydroxyl groups excluding tert-OH is 2. The van der Waals surface area contributed by atoms with Crippen molar-refractivity contribution in [1.29, 1.82) is 0 Å². The van der Waals surface area contributed by atoms with Gasteiger partial charge in [0.25, 0.3) is 0 Å². The molecule has 2 aliphatic rings. The number of aliphatic hydroxyl groups is 2. The molecule has 10 nitrogen and oxygen atoms in total. The van der Waals surface area contributed by atoms with Crippen molar-refractivity contribution in [2.45, 2.75) is 49.2 Å². The molecule has 2 saturated heterocycles. The molecular formula is C23H25ClF2N4O6. The van der Waals surface area contributed by atoms with Gasteiger partial charge in [0, 0.05) is 25.2 Å². The van der Waals surface area contributed by atoms with Gasteiger partial charge >= 0.3 is 0 Å². The van der Waals surface area contributed by atoms with Crippen LogP contribution in [0.2, 0.25) is 5.02 Å². The molecule has 0 aliphatic carbocycles. The second-order valence-corrected chi connectivity index (χ2v) is 9.73. The number of rotatable bonds is 7. The number of methoxy groups -OCH3 is 1. The Labute approximate surface area is 209 Å². The number of hydrogen-bond donors (Lipinski definition) is 2. The van der Waals surface area contributed by atoms with Gasteiger partial charge in [0.2, 0.25) is 0 Å². The summed E-state index contributed by atoms with van der Waals surface area (Å²) in [4.78, 5) is 0. The minimum Gasteiger partial charge on any atom is -0.394 e. The Bertz CT molecular complexity index is 1240. The normalized spacial score (nSPS) is 27.7. The minimum atomic E-state index is -1.24. The summed E-state index contributed by atoms with van der Waals surface area (Å²) in [6, 6.07) is 3.47. The maximum Gasteiger partial charge on any atom is 0.178 e. The molecule has 2 aliphatic heterocycles. The molecule has 1 aromatic carbocycles. The molecule has 5 atom stereocenters. The Morgan fingerprint density at radius 3 is 2.69 bits per heavy atom. The molecule has 0 spiro atoms. The van der Waals surface area contributed by atoms with Gasteiger partial charge in [-0.2, -0.15) is 0 Å². The first-order chi connectivity index (χ1) is 17.3. The standard InChI is InChI=1S/C23H25ClF2N4O6/c1-23(9-34-10-23)17-6-11(36-28-17)5-15-22(33-2)20(21(32)16(8-31)35-15)30-7-14(27-29-30)12-3-4-13(24)19(26)18(12)25/h3-4,6-7,15-16,20-22,31-32H,5,8-10H2,1-2H3/t15-,16-,20+,21+,22+/m1/s1. The van der Waals surface area contributed by atoms with Crippen LogP contribution in [0.25, 0.3) is 11.3 Å². The van der Waals surface area contributed by atoms with Crippen LogP contribution in [0, 0.1) is 11.6 Å². The summed E-state index contributed by atoms with van der Waals surface area (Å²) in [7, 11) is 1.45. The van der Waals surface area contributed by atoms with E-state index in [9.17, 15) is 19.0 Å². The number of ether oxygens (including phenoxy) is 3. The van der Waals surface area contributed by atoms with Gasteiger partial charge in [-0.1, -0.05) is 22.0 Å². The van der Waals surface area contributed by atoms with E-state index in [1.165, 1.54) is 30.1 Å². The van der Waals surface area contributed by atoms with E-state index >= 15 is 0 Å². The number of nitrogens with zero attached hydrogens (tertiary/aromatic N) is 4. The fourth-order valence-electron chi connectivity index (χ4n) is 4.65. The SMILES string of the molecule is CO[C@@H]1[C@@H](n2cc(-c3ccc(Cl)c(F)c3F)nn2)[C@@H](O)[C@@H](CO)O[C@@H]1Cc1cc(C2(C)COC2)no1. The lowest BCUT2D eigenvalue weighted by Gasteiger charge is -2.43. The third-order valence-corrected chi connectivity index (χ3v) is 7.08. The van der Waals surface area contributed by atoms with E-state index in [-0.39, 0.29) is 28.1 Å². The highest BCUT2D eigenvalue weighted by molar-refractivity contribution is 6.30. The Hall–Kier alpha value is -2.48. The summed E-state index contributed by atoms with van der Waals surface area (Å²) in [5, 5.41) is 32.7. The molecular weight excluding hydrogens is 502 g/mol. The lowest BCUT2D eigenvalue weighted by atomic mass is 9.84. The molecule has 0 radical (unpaired) electrons. The lowest BCUT2D eigenvalue weighted by Crippen LogP contribution is -2.57. The van der Waals surface area contributed by atoms with Crippen LogP contribution in [-0.4, -0.2) is 81.7 Å². The average molecular weight is 527 g/mol. The van der Waals surface area contributed by atoms with E-state index in [1.807, 2.05) is 13.0 Å². The van der Waals surface area contributed by atoms with Crippen LogP contribution in [0.4, 0.5) is 8.78 Å². The molecule has 2 aromatic heterocycles. The van der Waals surface area contributed by atoms with Crippen LogP contribution >= 0.6 is 11.6 Å². The quantitative estimate of drug-likeness (QED) is 0.445. The molecule has 3 aromatic rings. The van der Waals surface area contributed by atoms with Crippen LogP contribution in [0.3, 0.4) is 0 Å². The summed E-state index contributed by atoms with van der Waals surface area (Å²) in [6.45, 7) is 2.65.